The SMILES string of the molecule is CC1CN(CC2Cc3ccccc3CN2)CC(C)O1. The number of benzene rings is 1. The van der Waals surface area contributed by atoms with E-state index in [-0.39, 0.29) is 0 Å². The fraction of sp³-hybridized carbons (Fsp3) is 0.625. The maximum Gasteiger partial charge on any atom is 0.0678 e. The molecule has 1 saturated heterocycles. The van der Waals surface area contributed by atoms with E-state index < -0.39 is 0 Å². The van der Waals surface area contributed by atoms with Gasteiger partial charge in [0.2, 0.25) is 0 Å². The number of hydrogen-bond acceptors (Lipinski definition) is 3. The Labute approximate surface area is 115 Å². The van der Waals surface area contributed by atoms with E-state index in [9.17, 15) is 0 Å². The molecule has 1 N–H and O–H groups in total. The molecule has 0 spiro atoms. The van der Waals surface area contributed by atoms with Gasteiger partial charge in [0, 0.05) is 32.2 Å². The molecule has 0 radical (unpaired) electrons. The van der Waals surface area contributed by atoms with Gasteiger partial charge in [-0.1, -0.05) is 24.3 Å². The highest BCUT2D eigenvalue weighted by molar-refractivity contribution is 5.29. The van der Waals surface area contributed by atoms with Crippen LogP contribution in [0.2, 0.25) is 0 Å². The minimum atomic E-state index is 0.361. The highest BCUT2D eigenvalue weighted by Crippen LogP contribution is 2.18. The van der Waals surface area contributed by atoms with Gasteiger partial charge in [-0.05, 0) is 31.4 Å². The van der Waals surface area contributed by atoms with E-state index in [4.69, 9.17) is 4.74 Å². The quantitative estimate of drug-likeness (QED) is 0.878. The molecular weight excluding hydrogens is 236 g/mol. The molecule has 2 aliphatic rings. The number of fused-ring (bicyclic) bond motifs is 1. The summed E-state index contributed by atoms with van der Waals surface area (Å²) in [5.41, 5.74) is 2.98. The Morgan fingerprint density at radius 1 is 1.16 bits per heavy atom. The Morgan fingerprint density at radius 3 is 2.58 bits per heavy atom. The summed E-state index contributed by atoms with van der Waals surface area (Å²) in [7, 11) is 0. The Hall–Kier alpha value is -0.900. The number of morpholine rings is 1. The smallest absolute Gasteiger partial charge is 0.0678 e. The Kier molecular flexibility index (Phi) is 3.87. The maximum absolute atomic E-state index is 5.80. The van der Waals surface area contributed by atoms with Crippen molar-refractivity contribution in [1.82, 2.24) is 10.2 Å². The Bertz CT molecular complexity index is 425. The third kappa shape index (κ3) is 3.16. The van der Waals surface area contributed by atoms with Crippen LogP contribution >= 0.6 is 0 Å². The van der Waals surface area contributed by atoms with E-state index in [0.29, 0.717) is 18.2 Å². The second-order valence-corrected chi connectivity index (χ2v) is 6.03. The van der Waals surface area contributed by atoms with Crippen LogP contribution in [0.15, 0.2) is 24.3 Å². The molecule has 3 unspecified atom stereocenters. The van der Waals surface area contributed by atoms with Gasteiger partial charge >= 0.3 is 0 Å². The van der Waals surface area contributed by atoms with Crippen molar-refractivity contribution < 1.29 is 4.74 Å². The molecule has 2 heterocycles. The average molecular weight is 260 g/mol. The first kappa shape index (κ1) is 13.1. The highest BCUT2D eigenvalue weighted by Gasteiger charge is 2.26. The molecule has 2 aliphatic heterocycles. The molecule has 104 valence electrons. The molecular formula is C16H24N2O. The zero-order valence-corrected chi connectivity index (χ0v) is 11.9. The summed E-state index contributed by atoms with van der Waals surface area (Å²) < 4.78 is 5.80. The van der Waals surface area contributed by atoms with E-state index in [1.54, 1.807) is 0 Å². The first-order chi connectivity index (χ1) is 9.20. The van der Waals surface area contributed by atoms with Crippen LogP contribution in [-0.2, 0) is 17.7 Å². The van der Waals surface area contributed by atoms with E-state index in [0.717, 1.165) is 32.6 Å². The van der Waals surface area contributed by atoms with Gasteiger partial charge in [-0.3, -0.25) is 4.90 Å². The second kappa shape index (κ2) is 5.61. The van der Waals surface area contributed by atoms with Crippen LogP contribution in [-0.4, -0.2) is 42.8 Å². The summed E-state index contributed by atoms with van der Waals surface area (Å²) in [5.74, 6) is 0. The van der Waals surface area contributed by atoms with Crippen molar-refractivity contribution >= 4 is 0 Å². The van der Waals surface area contributed by atoms with E-state index in [1.165, 1.54) is 11.1 Å². The second-order valence-electron chi connectivity index (χ2n) is 6.03. The minimum Gasteiger partial charge on any atom is -0.373 e. The number of ether oxygens (including phenoxy) is 1. The molecule has 3 heteroatoms. The maximum atomic E-state index is 5.80. The van der Waals surface area contributed by atoms with Crippen LogP contribution in [0.1, 0.15) is 25.0 Å². The van der Waals surface area contributed by atoms with Crippen molar-refractivity contribution in [2.24, 2.45) is 0 Å². The minimum absolute atomic E-state index is 0.361. The number of nitrogens with one attached hydrogen (secondary N) is 1. The number of nitrogens with zero attached hydrogens (tertiary/aromatic N) is 1. The summed E-state index contributed by atoms with van der Waals surface area (Å²) >= 11 is 0. The molecule has 0 aliphatic carbocycles. The Balaban J connectivity index is 1.60. The van der Waals surface area contributed by atoms with Crippen molar-refractivity contribution in [3.8, 4) is 0 Å². The largest absolute Gasteiger partial charge is 0.373 e. The average Bonchev–Trinajstić information content (AvgIpc) is 2.37. The lowest BCUT2D eigenvalue weighted by Crippen LogP contribution is -2.51. The normalized spacial score (nSPS) is 32.0. The summed E-state index contributed by atoms with van der Waals surface area (Å²) in [6.45, 7) is 8.61. The summed E-state index contributed by atoms with van der Waals surface area (Å²) in [5, 5.41) is 3.67. The van der Waals surface area contributed by atoms with Gasteiger partial charge in [0.25, 0.3) is 0 Å². The van der Waals surface area contributed by atoms with Crippen molar-refractivity contribution in [2.45, 2.75) is 45.1 Å². The summed E-state index contributed by atoms with van der Waals surface area (Å²) in [6, 6.07) is 9.37. The van der Waals surface area contributed by atoms with Crippen LogP contribution < -0.4 is 5.32 Å². The van der Waals surface area contributed by atoms with Crippen molar-refractivity contribution in [3.63, 3.8) is 0 Å². The zero-order valence-electron chi connectivity index (χ0n) is 11.9. The lowest BCUT2D eigenvalue weighted by molar-refractivity contribution is -0.0700. The predicted octanol–water partition coefficient (Wildman–Crippen LogP) is 1.81. The number of hydrogen-bond donors (Lipinski definition) is 1. The van der Waals surface area contributed by atoms with E-state index in [2.05, 4.69) is 48.3 Å². The lowest BCUT2D eigenvalue weighted by Gasteiger charge is -2.38. The van der Waals surface area contributed by atoms with Crippen molar-refractivity contribution in [2.75, 3.05) is 19.6 Å². The molecule has 0 saturated carbocycles. The Morgan fingerprint density at radius 2 is 1.84 bits per heavy atom. The van der Waals surface area contributed by atoms with Crippen LogP contribution in [0.5, 0.6) is 0 Å². The monoisotopic (exact) mass is 260 g/mol. The van der Waals surface area contributed by atoms with E-state index in [1.807, 2.05) is 0 Å². The molecule has 3 rings (SSSR count). The van der Waals surface area contributed by atoms with Crippen LogP contribution in [0.3, 0.4) is 0 Å². The zero-order chi connectivity index (χ0) is 13.2. The molecule has 1 fully saturated rings. The van der Waals surface area contributed by atoms with Gasteiger partial charge in [0.15, 0.2) is 0 Å². The van der Waals surface area contributed by atoms with Gasteiger partial charge in [-0.25, -0.2) is 0 Å². The van der Waals surface area contributed by atoms with Crippen molar-refractivity contribution in [1.29, 1.82) is 0 Å². The standard InChI is InChI=1S/C16H24N2O/c1-12-9-18(10-13(2)19-12)11-16-7-14-5-3-4-6-15(14)8-17-16/h3-6,12-13,16-17H,7-11H2,1-2H3. The van der Waals surface area contributed by atoms with E-state index >= 15 is 0 Å². The fourth-order valence-electron chi connectivity index (χ4n) is 3.40. The van der Waals surface area contributed by atoms with Crippen LogP contribution in [0.4, 0.5) is 0 Å². The molecule has 0 bridgehead atoms. The van der Waals surface area contributed by atoms with Crippen LogP contribution in [0, 0.1) is 0 Å². The molecule has 19 heavy (non-hydrogen) atoms. The first-order valence-corrected chi connectivity index (χ1v) is 7.38. The summed E-state index contributed by atoms with van der Waals surface area (Å²) in [6.07, 6.45) is 1.87. The molecule has 1 aromatic rings. The molecule has 3 atom stereocenters. The number of rotatable bonds is 2. The van der Waals surface area contributed by atoms with Gasteiger partial charge in [-0.2, -0.15) is 0 Å². The van der Waals surface area contributed by atoms with Gasteiger partial charge < -0.3 is 10.1 Å². The van der Waals surface area contributed by atoms with Crippen molar-refractivity contribution in [3.05, 3.63) is 35.4 Å². The predicted molar refractivity (Wildman–Crippen MR) is 77.2 cm³/mol. The topological polar surface area (TPSA) is 24.5 Å². The van der Waals surface area contributed by atoms with Gasteiger partial charge in [-0.15, -0.1) is 0 Å². The lowest BCUT2D eigenvalue weighted by atomic mass is 9.95. The third-order valence-electron chi connectivity index (χ3n) is 4.14. The third-order valence-corrected chi connectivity index (χ3v) is 4.14. The van der Waals surface area contributed by atoms with Crippen LogP contribution in [0.25, 0.3) is 0 Å². The molecule has 0 amide bonds. The highest BCUT2D eigenvalue weighted by atomic mass is 16.5. The van der Waals surface area contributed by atoms with Gasteiger partial charge in [0.05, 0.1) is 12.2 Å². The van der Waals surface area contributed by atoms with Gasteiger partial charge in [0.1, 0.15) is 0 Å². The molecule has 3 nitrogen and oxygen atoms in total. The summed E-state index contributed by atoms with van der Waals surface area (Å²) in [4.78, 5) is 2.55. The first-order valence-electron chi connectivity index (χ1n) is 7.38. The fourth-order valence-corrected chi connectivity index (χ4v) is 3.40. The molecule has 0 aromatic heterocycles. The molecule has 1 aromatic carbocycles.